The number of benzene rings is 1. The van der Waals surface area contributed by atoms with Crippen LogP contribution in [0.4, 0.5) is 11.8 Å². The molecular formula is C15H19ClN4O. The Morgan fingerprint density at radius 1 is 1.29 bits per heavy atom. The number of halogens is 1. The van der Waals surface area contributed by atoms with Crippen LogP contribution in [0.2, 0.25) is 5.02 Å². The van der Waals surface area contributed by atoms with Crippen LogP contribution in [0.5, 0.6) is 0 Å². The number of hydrogen-bond donors (Lipinski definition) is 2. The third-order valence-corrected chi connectivity index (χ3v) is 3.47. The highest BCUT2D eigenvalue weighted by molar-refractivity contribution is 6.30. The number of nitrogens with two attached hydrogens (primary N) is 1. The van der Waals surface area contributed by atoms with E-state index in [1.54, 1.807) is 6.20 Å². The molecule has 5 nitrogen and oxygen atoms in total. The lowest BCUT2D eigenvalue weighted by Crippen LogP contribution is -2.28. The number of anilines is 2. The zero-order valence-electron chi connectivity index (χ0n) is 12.0. The molecule has 112 valence electrons. The summed E-state index contributed by atoms with van der Waals surface area (Å²) in [4.78, 5) is 10.4. The minimum atomic E-state index is 0.0676. The van der Waals surface area contributed by atoms with Gasteiger partial charge >= 0.3 is 0 Å². The molecule has 0 aliphatic rings. The average Bonchev–Trinajstić information content (AvgIpc) is 2.49. The second-order valence-electron chi connectivity index (χ2n) is 4.68. The molecule has 0 radical (unpaired) electrons. The Morgan fingerprint density at radius 3 is 2.62 bits per heavy atom. The maximum absolute atomic E-state index is 9.18. The van der Waals surface area contributed by atoms with Crippen molar-refractivity contribution >= 4 is 23.4 Å². The predicted molar refractivity (Wildman–Crippen MR) is 85.7 cm³/mol. The van der Waals surface area contributed by atoms with Crippen molar-refractivity contribution in [2.45, 2.75) is 13.3 Å². The first kappa shape index (κ1) is 15.5. The maximum atomic E-state index is 9.18. The molecule has 0 aliphatic heterocycles. The molecule has 1 aromatic carbocycles. The van der Waals surface area contributed by atoms with Crippen molar-refractivity contribution in [2.75, 3.05) is 30.3 Å². The Morgan fingerprint density at radius 2 is 2.00 bits per heavy atom. The van der Waals surface area contributed by atoms with Gasteiger partial charge in [-0.15, -0.1) is 0 Å². The van der Waals surface area contributed by atoms with E-state index in [1.807, 2.05) is 36.1 Å². The van der Waals surface area contributed by atoms with Crippen LogP contribution in [0.1, 0.15) is 18.1 Å². The van der Waals surface area contributed by atoms with Crippen LogP contribution in [-0.2, 0) is 6.42 Å². The monoisotopic (exact) mass is 306 g/mol. The van der Waals surface area contributed by atoms with Gasteiger partial charge in [0.1, 0.15) is 5.82 Å². The van der Waals surface area contributed by atoms with E-state index in [0.29, 0.717) is 18.0 Å². The van der Waals surface area contributed by atoms with Crippen LogP contribution in [0.25, 0.3) is 0 Å². The largest absolute Gasteiger partial charge is 0.395 e. The van der Waals surface area contributed by atoms with Gasteiger partial charge in [-0.05, 0) is 24.6 Å². The molecule has 0 unspecified atom stereocenters. The fourth-order valence-electron chi connectivity index (χ4n) is 2.17. The van der Waals surface area contributed by atoms with Crippen LogP contribution in [0, 0.1) is 0 Å². The fourth-order valence-corrected chi connectivity index (χ4v) is 2.29. The molecular weight excluding hydrogens is 288 g/mol. The van der Waals surface area contributed by atoms with E-state index in [4.69, 9.17) is 17.3 Å². The summed E-state index contributed by atoms with van der Waals surface area (Å²) in [6.07, 6.45) is 2.43. The fraction of sp³-hybridized carbons (Fsp3) is 0.333. The number of rotatable bonds is 6. The highest BCUT2D eigenvalue weighted by atomic mass is 35.5. The third-order valence-electron chi connectivity index (χ3n) is 3.22. The van der Waals surface area contributed by atoms with Gasteiger partial charge in [0.25, 0.3) is 0 Å². The summed E-state index contributed by atoms with van der Waals surface area (Å²) < 4.78 is 0. The highest BCUT2D eigenvalue weighted by Gasteiger charge is 2.13. The van der Waals surface area contributed by atoms with Crippen molar-refractivity contribution in [3.8, 4) is 0 Å². The molecule has 6 heteroatoms. The van der Waals surface area contributed by atoms with Gasteiger partial charge in [-0.2, -0.15) is 4.98 Å². The van der Waals surface area contributed by atoms with Crippen molar-refractivity contribution in [3.63, 3.8) is 0 Å². The number of aromatic nitrogens is 2. The van der Waals surface area contributed by atoms with Crippen LogP contribution in [0.15, 0.2) is 30.5 Å². The molecule has 0 aliphatic carbocycles. The first-order chi connectivity index (χ1) is 10.1. The summed E-state index contributed by atoms with van der Waals surface area (Å²) in [6.45, 7) is 3.34. The summed E-state index contributed by atoms with van der Waals surface area (Å²) in [5.74, 6) is 1.01. The van der Waals surface area contributed by atoms with Crippen LogP contribution < -0.4 is 10.6 Å². The smallest absolute Gasteiger partial charge is 0.221 e. The molecule has 0 spiro atoms. The second kappa shape index (κ2) is 7.24. The number of aliphatic hydroxyl groups is 1. The van der Waals surface area contributed by atoms with Gasteiger partial charge in [0, 0.05) is 36.3 Å². The molecule has 0 saturated heterocycles. The summed E-state index contributed by atoms with van der Waals surface area (Å²) in [5, 5.41) is 9.89. The molecule has 0 fully saturated rings. The van der Waals surface area contributed by atoms with Gasteiger partial charge in [-0.1, -0.05) is 23.7 Å². The van der Waals surface area contributed by atoms with E-state index in [1.165, 1.54) is 0 Å². The SMILES string of the molecule is CCN(CCO)c1nc(N)ncc1Cc1ccc(Cl)cc1. The number of nitrogen functional groups attached to an aromatic ring is 1. The topological polar surface area (TPSA) is 75.3 Å². The van der Waals surface area contributed by atoms with Crippen molar-refractivity contribution in [1.29, 1.82) is 0 Å². The third kappa shape index (κ3) is 4.06. The summed E-state index contributed by atoms with van der Waals surface area (Å²) in [7, 11) is 0. The lowest BCUT2D eigenvalue weighted by molar-refractivity contribution is 0.302. The van der Waals surface area contributed by atoms with Crippen molar-refractivity contribution in [2.24, 2.45) is 0 Å². The molecule has 3 N–H and O–H groups in total. The van der Waals surface area contributed by atoms with Crippen LogP contribution in [-0.4, -0.2) is 34.8 Å². The summed E-state index contributed by atoms with van der Waals surface area (Å²) in [6, 6.07) is 7.68. The molecule has 2 rings (SSSR count). The quantitative estimate of drug-likeness (QED) is 0.855. The predicted octanol–water partition coefficient (Wildman–Crippen LogP) is 2.12. The zero-order chi connectivity index (χ0) is 15.2. The van der Waals surface area contributed by atoms with Crippen LogP contribution >= 0.6 is 11.6 Å². The van der Waals surface area contributed by atoms with Gasteiger partial charge in [-0.25, -0.2) is 4.98 Å². The van der Waals surface area contributed by atoms with E-state index in [0.717, 1.165) is 23.5 Å². The summed E-state index contributed by atoms with van der Waals surface area (Å²) in [5.41, 5.74) is 7.79. The van der Waals surface area contributed by atoms with Gasteiger partial charge in [-0.3, -0.25) is 0 Å². The number of aliphatic hydroxyl groups excluding tert-OH is 1. The van der Waals surface area contributed by atoms with Gasteiger partial charge in [0.05, 0.1) is 6.61 Å². The normalized spacial score (nSPS) is 10.6. The highest BCUT2D eigenvalue weighted by Crippen LogP contribution is 2.22. The minimum Gasteiger partial charge on any atom is -0.395 e. The van der Waals surface area contributed by atoms with E-state index in [2.05, 4.69) is 9.97 Å². The zero-order valence-corrected chi connectivity index (χ0v) is 12.7. The van der Waals surface area contributed by atoms with E-state index >= 15 is 0 Å². The number of nitrogens with zero attached hydrogens (tertiary/aromatic N) is 3. The van der Waals surface area contributed by atoms with Crippen molar-refractivity contribution in [3.05, 3.63) is 46.6 Å². The Bertz CT molecular complexity index is 589. The molecule has 1 heterocycles. The Kier molecular flexibility index (Phi) is 5.36. The van der Waals surface area contributed by atoms with Gasteiger partial charge < -0.3 is 15.7 Å². The summed E-state index contributed by atoms with van der Waals surface area (Å²) >= 11 is 5.90. The Labute approximate surface area is 129 Å². The molecule has 0 saturated carbocycles. The van der Waals surface area contributed by atoms with Gasteiger partial charge in [0.2, 0.25) is 5.95 Å². The molecule has 2 aromatic rings. The molecule has 1 aromatic heterocycles. The number of hydrogen-bond acceptors (Lipinski definition) is 5. The first-order valence-corrected chi connectivity index (χ1v) is 7.23. The lowest BCUT2D eigenvalue weighted by atomic mass is 10.1. The first-order valence-electron chi connectivity index (χ1n) is 6.85. The van der Waals surface area contributed by atoms with E-state index < -0.39 is 0 Å². The van der Waals surface area contributed by atoms with Crippen molar-refractivity contribution in [1.82, 2.24) is 9.97 Å². The molecule has 0 bridgehead atoms. The minimum absolute atomic E-state index is 0.0676. The Hall–Kier alpha value is -1.85. The standard InChI is InChI=1S/C15H19ClN4O/c1-2-20(7-8-21)14-12(10-18-15(17)19-14)9-11-3-5-13(16)6-4-11/h3-6,10,21H,2,7-9H2,1H3,(H2,17,18,19). The number of likely N-dealkylation sites (N-methyl/N-ethyl adjacent to an activating group) is 1. The molecule has 0 atom stereocenters. The molecule has 21 heavy (non-hydrogen) atoms. The van der Waals surface area contributed by atoms with Crippen LogP contribution in [0.3, 0.4) is 0 Å². The second-order valence-corrected chi connectivity index (χ2v) is 5.12. The Balaban J connectivity index is 2.31. The lowest BCUT2D eigenvalue weighted by Gasteiger charge is -2.23. The van der Waals surface area contributed by atoms with E-state index in [-0.39, 0.29) is 12.6 Å². The maximum Gasteiger partial charge on any atom is 0.221 e. The van der Waals surface area contributed by atoms with Crippen molar-refractivity contribution < 1.29 is 5.11 Å². The van der Waals surface area contributed by atoms with E-state index in [9.17, 15) is 5.11 Å². The average molecular weight is 307 g/mol. The van der Waals surface area contributed by atoms with Gasteiger partial charge in [0.15, 0.2) is 0 Å². The molecule has 0 amide bonds.